The Morgan fingerprint density at radius 1 is 1.36 bits per heavy atom. The van der Waals surface area contributed by atoms with Crippen molar-refractivity contribution in [1.82, 2.24) is 0 Å². The Morgan fingerprint density at radius 2 is 2.08 bits per heavy atom. The average molecular weight is 418 g/mol. The summed E-state index contributed by atoms with van der Waals surface area (Å²) in [5.41, 5.74) is 6.51. The zero-order valence-corrected chi connectivity index (χ0v) is 17.6. The van der Waals surface area contributed by atoms with E-state index < -0.39 is 23.0 Å². The number of likely N-dealkylation sites (tertiary alicyclic amines) is 1. The maximum atomic E-state index is 11.8. The van der Waals surface area contributed by atoms with Gasteiger partial charge in [0.1, 0.15) is 11.6 Å². The molecule has 1 aromatic rings. The Labute approximate surface area is 173 Å². The molecular weight excluding hydrogens is 393 g/mol. The third kappa shape index (κ3) is 2.51. The molecule has 1 radical (unpaired) electrons. The van der Waals surface area contributed by atoms with Crippen LogP contribution < -0.4 is 5.73 Å². The smallest absolute Gasteiger partial charge is 0.248 e. The fraction of sp³-hybridized carbons (Fsp3) is 0.526. The Bertz CT molecular complexity index is 763. The predicted molar refractivity (Wildman–Crippen MR) is 90.4 cm³/mol. The molecule has 0 aromatic heterocycles. The van der Waals surface area contributed by atoms with Gasteiger partial charge in [0.25, 0.3) is 0 Å². The number of hydrogen-bond donors (Lipinski definition) is 3. The van der Waals surface area contributed by atoms with Crippen molar-refractivity contribution in [3.8, 4) is 0 Å². The number of quaternary nitrogens is 1. The van der Waals surface area contributed by atoms with E-state index in [4.69, 9.17) is 5.73 Å². The molecule has 5 nitrogen and oxygen atoms in total. The number of aliphatic hydroxyl groups is 2. The van der Waals surface area contributed by atoms with Gasteiger partial charge < -0.3 is 20.4 Å². The zero-order chi connectivity index (χ0) is 17.3. The maximum Gasteiger partial charge on any atom is 0.248 e. The van der Waals surface area contributed by atoms with Gasteiger partial charge in [-0.25, -0.2) is 0 Å². The van der Waals surface area contributed by atoms with E-state index in [-0.39, 0.29) is 38.8 Å². The van der Waals surface area contributed by atoms with Crippen LogP contribution in [-0.4, -0.2) is 59.0 Å². The molecule has 1 heterocycles. The first kappa shape index (κ1) is 19.2. The molecule has 2 bridgehead atoms. The van der Waals surface area contributed by atoms with Gasteiger partial charge in [-0.05, 0) is 35.8 Å². The van der Waals surface area contributed by atoms with Crippen LogP contribution in [0.3, 0.4) is 0 Å². The van der Waals surface area contributed by atoms with Crippen molar-refractivity contribution in [2.24, 2.45) is 5.73 Å². The number of piperidine rings is 1. The van der Waals surface area contributed by atoms with E-state index in [1.807, 2.05) is 18.2 Å². The summed E-state index contributed by atoms with van der Waals surface area (Å²) in [4.78, 5) is 11.7. The van der Waals surface area contributed by atoms with Gasteiger partial charge in [0.05, 0.1) is 26.7 Å². The molecule has 25 heavy (non-hydrogen) atoms. The minimum atomic E-state index is -1.02. The summed E-state index contributed by atoms with van der Waals surface area (Å²) >= 11 is 0. The molecule has 1 aromatic carbocycles. The Morgan fingerprint density at radius 3 is 2.76 bits per heavy atom. The van der Waals surface area contributed by atoms with Crippen LogP contribution in [0.2, 0.25) is 0 Å². The number of nitrogens with zero attached hydrogens (tertiary/aromatic N) is 1. The monoisotopic (exact) mass is 418 g/mol. The second-order valence-electron chi connectivity index (χ2n) is 8.25. The van der Waals surface area contributed by atoms with Crippen molar-refractivity contribution in [3.63, 3.8) is 0 Å². The van der Waals surface area contributed by atoms with Gasteiger partial charge in [-0.3, -0.25) is 4.79 Å². The molecule has 6 heteroatoms. The molecule has 1 aliphatic heterocycles. The van der Waals surface area contributed by atoms with E-state index in [0.29, 0.717) is 12.0 Å². The van der Waals surface area contributed by atoms with Gasteiger partial charge in [0, 0.05) is 56.5 Å². The van der Waals surface area contributed by atoms with Crippen LogP contribution in [0.15, 0.2) is 30.4 Å². The Kier molecular flexibility index (Phi) is 4.58. The Hall–Kier alpha value is -0.586. The first-order valence-electron chi connectivity index (χ1n) is 8.55. The topological polar surface area (TPSA) is 83.6 Å². The molecular formula is C19H25N2O3Y+. The molecule has 1 unspecified atom stereocenters. The summed E-state index contributed by atoms with van der Waals surface area (Å²) in [6.07, 6.45) is 4.95. The summed E-state index contributed by atoms with van der Waals surface area (Å²) in [5, 5.41) is 22.1. The molecule has 2 aliphatic carbocycles. The SMILES string of the molecule is C[N+]1(C)CC[C@]23CC(O)C=C[C@@]2(O)[C@H]1Cc1ccc(C(N)=O)cc13.[Y]. The molecule has 4 atom stereocenters. The van der Waals surface area contributed by atoms with Crippen molar-refractivity contribution < 1.29 is 52.2 Å². The van der Waals surface area contributed by atoms with Gasteiger partial charge >= 0.3 is 0 Å². The van der Waals surface area contributed by atoms with Crippen LogP contribution >= 0.6 is 0 Å². The van der Waals surface area contributed by atoms with Crippen molar-refractivity contribution in [2.75, 3.05) is 20.6 Å². The van der Waals surface area contributed by atoms with Crippen LogP contribution in [0.4, 0.5) is 0 Å². The second-order valence-corrected chi connectivity index (χ2v) is 8.25. The minimum Gasteiger partial charge on any atom is -0.389 e. The third-order valence-electron chi connectivity index (χ3n) is 6.69. The number of carbonyl (C=O) groups excluding carboxylic acids is 1. The van der Waals surface area contributed by atoms with E-state index in [0.717, 1.165) is 35.0 Å². The van der Waals surface area contributed by atoms with E-state index in [1.54, 1.807) is 12.1 Å². The number of amides is 1. The van der Waals surface area contributed by atoms with Crippen molar-refractivity contribution in [1.29, 1.82) is 0 Å². The molecule has 4 rings (SSSR count). The van der Waals surface area contributed by atoms with Crippen molar-refractivity contribution >= 4 is 5.91 Å². The summed E-state index contributed by atoms with van der Waals surface area (Å²) in [6, 6.07) is 5.62. The fourth-order valence-electron chi connectivity index (χ4n) is 5.33. The van der Waals surface area contributed by atoms with Crippen LogP contribution in [0.1, 0.15) is 34.3 Å². The van der Waals surface area contributed by atoms with Crippen LogP contribution in [0, 0.1) is 0 Å². The molecule has 0 spiro atoms. The quantitative estimate of drug-likeness (QED) is 0.458. The molecule has 3 aliphatic rings. The first-order valence-corrected chi connectivity index (χ1v) is 8.55. The number of carbonyl (C=O) groups is 1. The molecule has 1 saturated heterocycles. The van der Waals surface area contributed by atoms with Gasteiger partial charge in [-0.1, -0.05) is 12.1 Å². The standard InChI is InChI=1S/C19H24N2O3.Y/c1-21(2)8-7-18-11-14(22)5-6-19(18,24)16(21)10-12-3-4-13(17(20)23)9-15(12)18;/h3-6,9,14,16,22,24H,7-8,10-11H2,1-2H3,(H-,20,23);/p+1/t14?,16-,18-,19-;/m1./s1. The van der Waals surface area contributed by atoms with Gasteiger partial charge in [0.15, 0.2) is 0 Å². The minimum absolute atomic E-state index is 0. The molecule has 4 N–H and O–H groups in total. The van der Waals surface area contributed by atoms with E-state index in [2.05, 4.69) is 14.1 Å². The number of nitrogens with two attached hydrogens (primary N) is 1. The van der Waals surface area contributed by atoms with Crippen LogP contribution in [0.25, 0.3) is 0 Å². The number of benzene rings is 1. The van der Waals surface area contributed by atoms with Crippen molar-refractivity contribution in [3.05, 3.63) is 47.0 Å². The summed E-state index contributed by atoms with van der Waals surface area (Å²) in [5.74, 6) is -0.460. The van der Waals surface area contributed by atoms with E-state index >= 15 is 0 Å². The number of likely N-dealkylation sites (N-methyl/N-ethyl adjacent to an activating group) is 1. The molecule has 1 amide bonds. The summed E-state index contributed by atoms with van der Waals surface area (Å²) in [7, 11) is 4.32. The molecule has 1 fully saturated rings. The Balaban J connectivity index is 0.00000182. The van der Waals surface area contributed by atoms with Gasteiger partial charge in [0.2, 0.25) is 5.91 Å². The number of rotatable bonds is 1. The van der Waals surface area contributed by atoms with Gasteiger partial charge in [-0.15, -0.1) is 0 Å². The van der Waals surface area contributed by atoms with Crippen LogP contribution in [0.5, 0.6) is 0 Å². The fourth-order valence-corrected chi connectivity index (χ4v) is 5.33. The molecule has 131 valence electrons. The van der Waals surface area contributed by atoms with E-state index in [1.165, 1.54) is 0 Å². The summed E-state index contributed by atoms with van der Waals surface area (Å²) < 4.78 is 0.746. The zero-order valence-electron chi connectivity index (χ0n) is 14.8. The maximum absolute atomic E-state index is 11.8. The second kappa shape index (κ2) is 5.96. The summed E-state index contributed by atoms with van der Waals surface area (Å²) in [6.45, 7) is 0.924. The van der Waals surface area contributed by atoms with Gasteiger partial charge in [-0.2, -0.15) is 0 Å². The average Bonchev–Trinajstić information content (AvgIpc) is 2.52. The number of hydrogen-bond acceptors (Lipinski definition) is 3. The predicted octanol–water partition coefficient (Wildman–Crippen LogP) is 0.477. The molecule has 0 saturated carbocycles. The van der Waals surface area contributed by atoms with E-state index in [9.17, 15) is 15.0 Å². The van der Waals surface area contributed by atoms with Crippen LogP contribution in [-0.2, 0) is 44.5 Å². The number of aliphatic hydroxyl groups excluding tert-OH is 1. The third-order valence-corrected chi connectivity index (χ3v) is 6.69. The number of fused-ring (bicyclic) bond motifs is 1. The normalized spacial score (nSPS) is 37.4. The largest absolute Gasteiger partial charge is 0.389 e. The first-order chi connectivity index (χ1) is 11.2. The number of primary amides is 1. The van der Waals surface area contributed by atoms with Crippen molar-refractivity contribution in [2.45, 2.75) is 42.4 Å².